The van der Waals surface area contributed by atoms with E-state index in [2.05, 4.69) is 143 Å². The molecule has 0 atom stereocenters. The molecule has 50 heavy (non-hydrogen) atoms. The minimum atomic E-state index is -0.401. The maximum Gasteiger partial charge on any atom is 0.0629 e. The minimum absolute atomic E-state index is 0.183. The first-order valence-corrected chi connectivity index (χ1v) is 16.7. The van der Waals surface area contributed by atoms with Crippen LogP contribution in [0.4, 0.5) is 17.1 Å². The van der Waals surface area contributed by atoms with Gasteiger partial charge in [-0.2, -0.15) is 0 Å². The van der Waals surface area contributed by atoms with Gasteiger partial charge in [0, 0.05) is 33.4 Å². The van der Waals surface area contributed by atoms with Crippen LogP contribution in [0.1, 0.15) is 6.85 Å². The van der Waals surface area contributed by atoms with E-state index in [1.807, 2.05) is 42.5 Å². The van der Waals surface area contributed by atoms with Crippen LogP contribution in [0.5, 0.6) is 0 Å². The van der Waals surface area contributed by atoms with E-state index < -0.39 is 6.04 Å². The van der Waals surface area contributed by atoms with Gasteiger partial charge in [0.2, 0.25) is 0 Å². The molecule has 0 saturated heterocycles. The van der Waals surface area contributed by atoms with Gasteiger partial charge in [0.05, 0.1) is 23.6 Å². The van der Waals surface area contributed by atoms with Gasteiger partial charge in [-0.25, -0.2) is 0 Å². The lowest BCUT2D eigenvalue weighted by molar-refractivity contribution is 1.18. The van der Waals surface area contributed by atoms with Crippen LogP contribution in [-0.2, 0) is 0 Å². The molecule has 236 valence electrons. The average molecular weight is 644 g/mol. The van der Waals surface area contributed by atoms with Gasteiger partial charge in [-0.3, -0.25) is 0 Å². The fourth-order valence-electron chi connectivity index (χ4n) is 6.94. The van der Waals surface area contributed by atoms with E-state index in [0.29, 0.717) is 5.56 Å². The van der Waals surface area contributed by atoms with Gasteiger partial charge < -0.3 is 9.47 Å². The highest BCUT2D eigenvalue weighted by Crippen LogP contribution is 2.40. The Labute approximate surface area is 299 Å². The van der Waals surface area contributed by atoms with Crippen LogP contribution in [0.2, 0.25) is 0 Å². The molecule has 0 aliphatic heterocycles. The Morgan fingerprint density at radius 3 is 1.38 bits per heavy atom. The van der Waals surface area contributed by atoms with Crippen molar-refractivity contribution in [3.8, 4) is 39.1 Å². The summed E-state index contributed by atoms with van der Waals surface area (Å²) in [6.07, 6.45) is 0. The molecular formula is C48H34N2. The molecule has 0 fully saturated rings. The molecule has 0 unspecified atom stereocenters. The second-order valence-corrected chi connectivity index (χ2v) is 12.2. The molecule has 0 aliphatic carbocycles. The summed E-state index contributed by atoms with van der Waals surface area (Å²) < 4.78 is 43.8. The topological polar surface area (TPSA) is 8.17 Å². The third-order valence-electron chi connectivity index (χ3n) is 9.31. The SMILES string of the molecule is [2H]c1c([2H])c([2H])c(-c2ccc(N(c3ccc(-c4ccccc4)cc3)c3ccc(-c4ccccc4-n4c5ccccc5c5ccccc54)cc3)cc2)c([2H])c1[2H]. The maximum absolute atomic E-state index is 8.52. The summed E-state index contributed by atoms with van der Waals surface area (Å²) in [4.78, 5) is 2.17. The Balaban J connectivity index is 1.14. The fourth-order valence-corrected chi connectivity index (χ4v) is 6.94. The summed E-state index contributed by atoms with van der Waals surface area (Å²) in [6.45, 7) is 0. The van der Waals surface area contributed by atoms with Crippen molar-refractivity contribution in [2.24, 2.45) is 0 Å². The van der Waals surface area contributed by atoms with Gasteiger partial charge >= 0.3 is 0 Å². The second kappa shape index (κ2) is 12.8. The van der Waals surface area contributed by atoms with Crippen molar-refractivity contribution < 1.29 is 6.85 Å². The van der Waals surface area contributed by atoms with E-state index >= 15 is 0 Å². The Kier molecular flexibility index (Phi) is 6.25. The molecule has 8 aromatic carbocycles. The van der Waals surface area contributed by atoms with Crippen LogP contribution in [-0.4, -0.2) is 4.57 Å². The highest BCUT2D eigenvalue weighted by atomic mass is 15.1. The quantitative estimate of drug-likeness (QED) is 0.168. The average Bonchev–Trinajstić information content (AvgIpc) is 3.58. The van der Waals surface area contributed by atoms with Gasteiger partial charge in [0.25, 0.3) is 0 Å². The molecule has 9 aromatic rings. The zero-order valence-corrected chi connectivity index (χ0v) is 27.1. The van der Waals surface area contributed by atoms with Crippen molar-refractivity contribution >= 4 is 38.9 Å². The normalized spacial score (nSPS) is 12.6. The third kappa shape index (κ3) is 5.34. The van der Waals surface area contributed by atoms with Gasteiger partial charge in [-0.1, -0.05) is 152 Å². The summed E-state index contributed by atoms with van der Waals surface area (Å²) >= 11 is 0. The molecule has 9 rings (SSSR count). The fraction of sp³-hybridized carbons (Fsp3) is 0. The Morgan fingerprint density at radius 1 is 0.360 bits per heavy atom. The van der Waals surface area contributed by atoms with E-state index in [0.717, 1.165) is 56.0 Å². The molecule has 0 spiro atoms. The first-order chi connectivity index (χ1) is 26.9. The molecular weight excluding hydrogens is 605 g/mol. The van der Waals surface area contributed by atoms with Crippen LogP contribution >= 0.6 is 0 Å². The molecule has 1 heterocycles. The highest BCUT2D eigenvalue weighted by Gasteiger charge is 2.17. The second-order valence-electron chi connectivity index (χ2n) is 12.2. The minimum Gasteiger partial charge on any atom is -0.311 e. The number of fused-ring (bicyclic) bond motifs is 3. The van der Waals surface area contributed by atoms with Gasteiger partial charge in [0.15, 0.2) is 0 Å². The Morgan fingerprint density at radius 2 is 0.800 bits per heavy atom. The molecule has 0 saturated carbocycles. The van der Waals surface area contributed by atoms with E-state index in [1.165, 1.54) is 10.8 Å². The zero-order valence-electron chi connectivity index (χ0n) is 32.1. The summed E-state index contributed by atoms with van der Waals surface area (Å²) in [5.74, 6) is 0. The number of rotatable bonds is 7. The van der Waals surface area contributed by atoms with Crippen LogP contribution in [0.15, 0.2) is 206 Å². The number of benzene rings is 8. The largest absolute Gasteiger partial charge is 0.311 e. The smallest absolute Gasteiger partial charge is 0.0629 e. The lowest BCUT2D eigenvalue weighted by Gasteiger charge is -2.26. The third-order valence-corrected chi connectivity index (χ3v) is 9.31. The first-order valence-electron chi connectivity index (χ1n) is 19.2. The summed E-state index contributed by atoms with van der Waals surface area (Å²) in [6, 6.07) is 58.9. The summed E-state index contributed by atoms with van der Waals surface area (Å²) in [5.41, 5.74) is 11.3. The van der Waals surface area contributed by atoms with Crippen molar-refractivity contribution in [1.29, 1.82) is 0 Å². The van der Waals surface area contributed by atoms with Gasteiger partial charge in [0.1, 0.15) is 0 Å². The molecule has 0 amide bonds. The predicted molar refractivity (Wildman–Crippen MR) is 212 cm³/mol. The van der Waals surface area contributed by atoms with Gasteiger partial charge in [-0.05, 0) is 82.4 Å². The summed E-state index contributed by atoms with van der Waals surface area (Å²) in [5, 5.41) is 2.43. The van der Waals surface area contributed by atoms with Crippen LogP contribution in [0, 0.1) is 0 Å². The van der Waals surface area contributed by atoms with Crippen LogP contribution < -0.4 is 4.90 Å². The van der Waals surface area contributed by atoms with Crippen molar-refractivity contribution in [1.82, 2.24) is 4.57 Å². The van der Waals surface area contributed by atoms with Crippen molar-refractivity contribution in [2.75, 3.05) is 4.90 Å². The number of para-hydroxylation sites is 3. The lowest BCUT2D eigenvalue weighted by atomic mass is 10.0. The predicted octanol–water partition coefficient (Wildman–Crippen LogP) is 13.3. The maximum atomic E-state index is 8.52. The standard InChI is InChI=1S/C48H34N2/c1-3-13-35(14-4-1)37-23-29-40(30-24-37)49(41-31-25-38(26-32-41)36-15-5-2-6-16-36)42-33-27-39(28-34-42)43-17-7-10-20-46(43)50-47-21-11-8-18-44(47)45-19-9-12-22-48(45)50/h1-34H/i1D,3D,4D,13D,14D. The van der Waals surface area contributed by atoms with E-state index in [-0.39, 0.29) is 29.7 Å². The van der Waals surface area contributed by atoms with Crippen molar-refractivity contribution in [3.05, 3.63) is 206 Å². The molecule has 0 aliphatic rings. The molecule has 0 bridgehead atoms. The van der Waals surface area contributed by atoms with E-state index in [1.54, 1.807) is 0 Å². The monoisotopic (exact) mass is 643 g/mol. The number of hydrogen-bond acceptors (Lipinski definition) is 1. The van der Waals surface area contributed by atoms with E-state index in [9.17, 15) is 0 Å². The van der Waals surface area contributed by atoms with Crippen LogP contribution in [0.3, 0.4) is 0 Å². The number of anilines is 3. The molecule has 2 nitrogen and oxygen atoms in total. The number of hydrogen-bond donors (Lipinski definition) is 0. The van der Waals surface area contributed by atoms with Crippen molar-refractivity contribution in [2.45, 2.75) is 0 Å². The summed E-state index contributed by atoms with van der Waals surface area (Å²) in [7, 11) is 0. The lowest BCUT2D eigenvalue weighted by Crippen LogP contribution is -2.09. The zero-order chi connectivity index (χ0) is 37.6. The Bertz CT molecular complexity index is 2760. The number of nitrogens with zero attached hydrogens (tertiary/aromatic N) is 2. The van der Waals surface area contributed by atoms with E-state index in [4.69, 9.17) is 6.85 Å². The molecule has 0 N–H and O–H groups in total. The molecule has 2 heteroatoms. The molecule has 1 aromatic heterocycles. The molecule has 0 radical (unpaired) electrons. The van der Waals surface area contributed by atoms with Crippen molar-refractivity contribution in [3.63, 3.8) is 0 Å². The number of aromatic nitrogens is 1. The van der Waals surface area contributed by atoms with Gasteiger partial charge in [-0.15, -0.1) is 0 Å². The highest BCUT2D eigenvalue weighted by molar-refractivity contribution is 6.09. The first kappa shape index (κ1) is 24.5. The van der Waals surface area contributed by atoms with Crippen LogP contribution in [0.25, 0.3) is 60.9 Å². The Hall–Kier alpha value is -6.64.